The molecule has 0 unspecified atom stereocenters. The Morgan fingerprint density at radius 2 is 1.90 bits per heavy atom. The van der Waals surface area contributed by atoms with Crippen LogP contribution in [0.2, 0.25) is 0 Å². The minimum atomic E-state index is 0.782. The molecule has 0 atom stereocenters. The second-order valence-corrected chi connectivity index (χ2v) is 8.13. The second-order valence-electron chi connectivity index (χ2n) is 6.89. The van der Waals surface area contributed by atoms with Crippen molar-refractivity contribution in [2.75, 3.05) is 0 Å². The lowest BCUT2D eigenvalue weighted by Gasteiger charge is -2.09. The maximum atomic E-state index is 5.03. The summed E-state index contributed by atoms with van der Waals surface area (Å²) in [7, 11) is 0. The van der Waals surface area contributed by atoms with E-state index in [0.717, 1.165) is 50.9 Å². The number of para-hydroxylation sites is 1. The molecular weight excluding hydrogens is 380 g/mol. The second kappa shape index (κ2) is 6.93. The molecule has 7 heteroatoms. The van der Waals surface area contributed by atoms with Gasteiger partial charge in [-0.2, -0.15) is 10.2 Å². The fourth-order valence-electron chi connectivity index (χ4n) is 3.62. The number of hydrogen-bond acceptors (Lipinski definition) is 5. The molecule has 4 aromatic heterocycles. The quantitative estimate of drug-likeness (QED) is 0.424. The van der Waals surface area contributed by atoms with Gasteiger partial charge in [0.1, 0.15) is 5.01 Å². The molecule has 29 heavy (non-hydrogen) atoms. The highest BCUT2D eigenvalue weighted by atomic mass is 32.1. The van der Waals surface area contributed by atoms with Crippen molar-refractivity contribution in [1.82, 2.24) is 29.5 Å². The van der Waals surface area contributed by atoms with Crippen molar-refractivity contribution in [1.29, 1.82) is 0 Å². The minimum Gasteiger partial charge on any atom is -0.264 e. The molecule has 0 aliphatic heterocycles. The third-order valence-electron chi connectivity index (χ3n) is 4.94. The maximum absolute atomic E-state index is 5.03. The number of benzene rings is 1. The Bertz CT molecular complexity index is 1310. The van der Waals surface area contributed by atoms with Gasteiger partial charge < -0.3 is 0 Å². The molecule has 0 bridgehead atoms. The molecule has 0 N–H and O–H groups in total. The van der Waals surface area contributed by atoms with Crippen LogP contribution in [0.5, 0.6) is 0 Å². The number of thiazole rings is 1. The summed E-state index contributed by atoms with van der Waals surface area (Å²) in [6, 6.07) is 14.2. The third kappa shape index (κ3) is 2.94. The van der Waals surface area contributed by atoms with E-state index in [1.165, 1.54) is 4.88 Å². The molecule has 0 aliphatic rings. The first-order valence-corrected chi connectivity index (χ1v) is 10.4. The summed E-state index contributed by atoms with van der Waals surface area (Å²) in [5.74, 6) is 0. The van der Waals surface area contributed by atoms with Crippen molar-refractivity contribution in [3.8, 4) is 27.6 Å². The SMILES string of the molecule is CCn1nccc1-c1cc(-c2ncc(C)s2)c2c(C)nn(-c3ccccc3)c2n1. The first-order valence-electron chi connectivity index (χ1n) is 9.56. The lowest BCUT2D eigenvalue weighted by Crippen LogP contribution is -2.02. The van der Waals surface area contributed by atoms with Crippen LogP contribution < -0.4 is 0 Å². The smallest absolute Gasteiger partial charge is 0.164 e. The van der Waals surface area contributed by atoms with E-state index in [0.29, 0.717) is 0 Å². The van der Waals surface area contributed by atoms with Gasteiger partial charge in [0.05, 0.1) is 28.2 Å². The van der Waals surface area contributed by atoms with Crippen LogP contribution in [0.25, 0.3) is 38.7 Å². The monoisotopic (exact) mass is 400 g/mol. The number of aryl methyl sites for hydroxylation is 3. The molecule has 0 fully saturated rings. The van der Waals surface area contributed by atoms with E-state index in [9.17, 15) is 0 Å². The first-order chi connectivity index (χ1) is 14.2. The van der Waals surface area contributed by atoms with E-state index in [1.807, 2.05) is 65.1 Å². The van der Waals surface area contributed by atoms with Crippen molar-refractivity contribution in [3.05, 3.63) is 65.4 Å². The standard InChI is InChI=1S/C22H20N6S/c1-4-27-19(10-11-24-27)18-12-17(22-23-13-14(2)29-22)20-15(3)26-28(21(20)25-18)16-8-6-5-7-9-16/h5-13H,4H2,1-3H3. The first kappa shape index (κ1) is 17.8. The van der Waals surface area contributed by atoms with Crippen LogP contribution in [-0.2, 0) is 6.54 Å². The zero-order valence-corrected chi connectivity index (χ0v) is 17.3. The van der Waals surface area contributed by atoms with E-state index in [1.54, 1.807) is 11.3 Å². The summed E-state index contributed by atoms with van der Waals surface area (Å²) in [6.45, 7) is 6.97. The van der Waals surface area contributed by atoms with Crippen LogP contribution in [-0.4, -0.2) is 29.5 Å². The van der Waals surface area contributed by atoms with Gasteiger partial charge in [0, 0.05) is 29.4 Å². The van der Waals surface area contributed by atoms with Crippen LogP contribution in [0.3, 0.4) is 0 Å². The normalized spacial score (nSPS) is 11.4. The molecule has 0 spiro atoms. The zero-order chi connectivity index (χ0) is 20.0. The summed E-state index contributed by atoms with van der Waals surface area (Å²) in [4.78, 5) is 10.9. The van der Waals surface area contributed by atoms with Gasteiger partial charge in [0.15, 0.2) is 5.65 Å². The topological polar surface area (TPSA) is 61.4 Å². The molecule has 6 nitrogen and oxygen atoms in total. The summed E-state index contributed by atoms with van der Waals surface area (Å²) in [6.07, 6.45) is 3.73. The van der Waals surface area contributed by atoms with Gasteiger partial charge in [-0.1, -0.05) is 18.2 Å². The molecule has 0 radical (unpaired) electrons. The summed E-state index contributed by atoms with van der Waals surface area (Å²) in [5, 5.41) is 11.3. The van der Waals surface area contributed by atoms with E-state index >= 15 is 0 Å². The van der Waals surface area contributed by atoms with Gasteiger partial charge in [0.2, 0.25) is 0 Å². The Labute approximate surface area is 172 Å². The molecule has 0 saturated carbocycles. The predicted molar refractivity (Wildman–Crippen MR) is 116 cm³/mol. The van der Waals surface area contributed by atoms with Crippen LogP contribution in [0, 0.1) is 13.8 Å². The molecule has 5 rings (SSSR count). The van der Waals surface area contributed by atoms with Crippen molar-refractivity contribution in [2.24, 2.45) is 0 Å². The Balaban J connectivity index is 1.86. The Morgan fingerprint density at radius 1 is 1.07 bits per heavy atom. The van der Waals surface area contributed by atoms with Gasteiger partial charge in [-0.3, -0.25) is 4.68 Å². The fourth-order valence-corrected chi connectivity index (χ4v) is 4.41. The molecular formula is C22H20N6S. The lowest BCUT2D eigenvalue weighted by molar-refractivity contribution is 0.666. The number of rotatable bonds is 4. The molecule has 4 heterocycles. The van der Waals surface area contributed by atoms with Crippen molar-refractivity contribution >= 4 is 22.4 Å². The zero-order valence-electron chi connectivity index (χ0n) is 16.5. The Kier molecular flexibility index (Phi) is 4.24. The highest BCUT2D eigenvalue weighted by molar-refractivity contribution is 7.15. The highest BCUT2D eigenvalue weighted by Gasteiger charge is 2.20. The van der Waals surface area contributed by atoms with Crippen LogP contribution in [0.4, 0.5) is 0 Å². The van der Waals surface area contributed by atoms with Crippen LogP contribution in [0.15, 0.2) is 54.9 Å². The Hall–Kier alpha value is -3.32. The average molecular weight is 401 g/mol. The number of fused-ring (bicyclic) bond motifs is 1. The van der Waals surface area contributed by atoms with Gasteiger partial charge in [0.25, 0.3) is 0 Å². The van der Waals surface area contributed by atoms with Gasteiger partial charge in [-0.15, -0.1) is 11.3 Å². The molecule has 1 aromatic carbocycles. The van der Waals surface area contributed by atoms with Gasteiger partial charge in [-0.25, -0.2) is 14.6 Å². The maximum Gasteiger partial charge on any atom is 0.164 e. The number of nitrogens with zero attached hydrogens (tertiary/aromatic N) is 6. The van der Waals surface area contributed by atoms with Crippen molar-refractivity contribution in [2.45, 2.75) is 27.3 Å². The number of pyridine rings is 1. The molecule has 0 aliphatic carbocycles. The van der Waals surface area contributed by atoms with Crippen LogP contribution >= 0.6 is 11.3 Å². The largest absolute Gasteiger partial charge is 0.264 e. The average Bonchev–Trinajstić information content (AvgIpc) is 3.47. The molecule has 144 valence electrons. The lowest BCUT2D eigenvalue weighted by atomic mass is 10.1. The predicted octanol–water partition coefficient (Wildman–Crippen LogP) is 5.04. The van der Waals surface area contributed by atoms with Gasteiger partial charge >= 0.3 is 0 Å². The van der Waals surface area contributed by atoms with E-state index < -0.39 is 0 Å². The summed E-state index contributed by atoms with van der Waals surface area (Å²) >= 11 is 1.69. The van der Waals surface area contributed by atoms with E-state index in [2.05, 4.69) is 30.0 Å². The molecule has 5 aromatic rings. The highest BCUT2D eigenvalue weighted by Crippen LogP contribution is 2.36. The van der Waals surface area contributed by atoms with E-state index in [4.69, 9.17) is 10.1 Å². The fraction of sp³-hybridized carbons (Fsp3) is 0.182. The van der Waals surface area contributed by atoms with Crippen molar-refractivity contribution < 1.29 is 0 Å². The Morgan fingerprint density at radius 3 is 2.62 bits per heavy atom. The molecule has 0 amide bonds. The number of aromatic nitrogens is 6. The van der Waals surface area contributed by atoms with Gasteiger partial charge in [-0.05, 0) is 45.0 Å². The number of hydrogen-bond donors (Lipinski definition) is 0. The summed E-state index contributed by atoms with van der Waals surface area (Å²) < 4.78 is 3.88. The van der Waals surface area contributed by atoms with Crippen LogP contribution in [0.1, 0.15) is 17.5 Å². The molecule has 0 saturated heterocycles. The van der Waals surface area contributed by atoms with E-state index in [-0.39, 0.29) is 0 Å². The third-order valence-corrected chi connectivity index (χ3v) is 5.89. The minimum absolute atomic E-state index is 0.782. The van der Waals surface area contributed by atoms with Crippen molar-refractivity contribution in [3.63, 3.8) is 0 Å². The summed E-state index contributed by atoms with van der Waals surface area (Å²) in [5.41, 5.74) is 5.68.